The fraction of sp³-hybridized carbons (Fsp3) is 0.667. The van der Waals surface area contributed by atoms with Crippen LogP contribution < -0.4 is 10.1 Å². The summed E-state index contributed by atoms with van der Waals surface area (Å²) in [6.07, 6.45) is 4.53. The highest BCUT2D eigenvalue weighted by atomic mass is 16.5. The van der Waals surface area contributed by atoms with Gasteiger partial charge in [0.25, 0.3) is 5.91 Å². The van der Waals surface area contributed by atoms with Crippen LogP contribution in [-0.4, -0.2) is 37.3 Å². The molecule has 0 aliphatic heterocycles. The highest BCUT2D eigenvalue weighted by Gasteiger charge is 2.33. The lowest BCUT2D eigenvalue weighted by Gasteiger charge is -2.29. The predicted octanol–water partition coefficient (Wildman–Crippen LogP) is 5.60. The van der Waals surface area contributed by atoms with Gasteiger partial charge in [-0.15, -0.1) is 0 Å². The lowest BCUT2D eigenvalue weighted by molar-refractivity contribution is -0.140. The molecule has 0 saturated carbocycles. The van der Waals surface area contributed by atoms with Crippen LogP contribution >= 0.6 is 0 Å². The number of rotatable bonds is 14. The van der Waals surface area contributed by atoms with Crippen molar-refractivity contribution in [3.05, 3.63) is 23.8 Å². The number of hydrogen-bond donors (Lipinski definition) is 1. The van der Waals surface area contributed by atoms with E-state index >= 15 is 0 Å². The number of amides is 1. The van der Waals surface area contributed by atoms with Gasteiger partial charge in [-0.25, -0.2) is 4.79 Å². The Kier molecular flexibility index (Phi) is 11.5. The molecule has 30 heavy (non-hydrogen) atoms. The van der Waals surface area contributed by atoms with Crippen molar-refractivity contribution < 1.29 is 23.8 Å². The second-order valence-electron chi connectivity index (χ2n) is 8.13. The maximum Gasteiger partial charge on any atom is 0.341 e. The first-order valence-electron chi connectivity index (χ1n) is 11.2. The number of esters is 1. The second-order valence-corrected chi connectivity index (χ2v) is 8.13. The first-order chi connectivity index (χ1) is 14.3. The summed E-state index contributed by atoms with van der Waals surface area (Å²) in [5, 5.41) is 2.92. The zero-order valence-corrected chi connectivity index (χ0v) is 19.5. The van der Waals surface area contributed by atoms with Gasteiger partial charge in [0.05, 0.1) is 13.2 Å². The molecule has 0 radical (unpaired) electrons. The summed E-state index contributed by atoms with van der Waals surface area (Å²) >= 11 is 0. The molecule has 0 spiro atoms. The van der Waals surface area contributed by atoms with Crippen molar-refractivity contribution in [2.24, 2.45) is 5.92 Å². The SMILES string of the molecule is CCCCCC(C)(OCCC)C(=O)Nc1ccc(OCC(C)C)c(C(=O)OCC)c1. The number of carbonyl (C=O) groups excluding carboxylic acids is 2. The lowest BCUT2D eigenvalue weighted by Crippen LogP contribution is -2.43. The van der Waals surface area contributed by atoms with E-state index in [1.165, 1.54) is 0 Å². The molecule has 0 bridgehead atoms. The van der Waals surface area contributed by atoms with Gasteiger partial charge in [-0.2, -0.15) is 0 Å². The Morgan fingerprint density at radius 2 is 1.83 bits per heavy atom. The van der Waals surface area contributed by atoms with Crippen LogP contribution in [0.3, 0.4) is 0 Å². The third-order valence-electron chi connectivity index (χ3n) is 4.67. The average molecular weight is 422 g/mol. The molecule has 1 N–H and O–H groups in total. The fourth-order valence-electron chi connectivity index (χ4n) is 2.91. The van der Waals surface area contributed by atoms with Crippen molar-refractivity contribution in [1.82, 2.24) is 0 Å². The predicted molar refractivity (Wildman–Crippen MR) is 120 cm³/mol. The molecule has 170 valence electrons. The van der Waals surface area contributed by atoms with Gasteiger partial charge in [-0.1, -0.05) is 47.0 Å². The Labute approximate surface area is 181 Å². The molecule has 1 unspecified atom stereocenters. The van der Waals surface area contributed by atoms with Crippen LogP contribution in [0.1, 0.15) is 84.0 Å². The topological polar surface area (TPSA) is 73.9 Å². The molecule has 0 aliphatic rings. The Balaban J connectivity index is 3.06. The molecule has 1 aromatic carbocycles. The molecule has 6 nitrogen and oxygen atoms in total. The van der Waals surface area contributed by atoms with E-state index in [1.807, 2.05) is 27.7 Å². The van der Waals surface area contributed by atoms with E-state index in [2.05, 4.69) is 12.2 Å². The van der Waals surface area contributed by atoms with Crippen molar-refractivity contribution >= 4 is 17.6 Å². The van der Waals surface area contributed by atoms with E-state index in [0.29, 0.717) is 42.6 Å². The Hall–Kier alpha value is -2.08. The molecule has 1 rings (SSSR count). The number of hydrogen-bond acceptors (Lipinski definition) is 5. The first kappa shape index (κ1) is 26.0. The molecule has 1 aromatic rings. The Bertz CT molecular complexity index is 674. The Morgan fingerprint density at radius 1 is 1.10 bits per heavy atom. The van der Waals surface area contributed by atoms with Gasteiger partial charge in [0.1, 0.15) is 16.9 Å². The second kappa shape index (κ2) is 13.3. The number of carbonyl (C=O) groups is 2. The number of benzene rings is 1. The van der Waals surface area contributed by atoms with Crippen LogP contribution in [0.25, 0.3) is 0 Å². The van der Waals surface area contributed by atoms with Crippen LogP contribution in [0.2, 0.25) is 0 Å². The van der Waals surface area contributed by atoms with Crippen molar-refractivity contribution in [3.63, 3.8) is 0 Å². The van der Waals surface area contributed by atoms with Crippen LogP contribution in [0.5, 0.6) is 5.75 Å². The standard InChI is InChI=1S/C24H39NO5/c1-7-10-11-14-24(6,30-15-8-2)23(27)25-19-12-13-21(29-17-18(4)5)20(16-19)22(26)28-9-3/h12-13,16,18H,7-11,14-15,17H2,1-6H3,(H,25,27). The molecule has 1 atom stereocenters. The molecule has 6 heteroatoms. The Morgan fingerprint density at radius 3 is 2.43 bits per heavy atom. The number of ether oxygens (including phenoxy) is 3. The van der Waals surface area contributed by atoms with Crippen molar-refractivity contribution in [3.8, 4) is 5.75 Å². The zero-order valence-electron chi connectivity index (χ0n) is 19.5. The molecule has 0 heterocycles. The zero-order chi connectivity index (χ0) is 22.6. The van der Waals surface area contributed by atoms with Crippen molar-refractivity contribution in [1.29, 1.82) is 0 Å². The smallest absolute Gasteiger partial charge is 0.341 e. The average Bonchev–Trinajstić information content (AvgIpc) is 2.71. The molecule has 0 aromatic heterocycles. The summed E-state index contributed by atoms with van der Waals surface area (Å²) in [5.74, 6) is 0.0880. The highest BCUT2D eigenvalue weighted by molar-refractivity contribution is 5.99. The van der Waals surface area contributed by atoms with Crippen LogP contribution in [0.4, 0.5) is 5.69 Å². The maximum atomic E-state index is 13.1. The van der Waals surface area contributed by atoms with Gasteiger partial charge in [-0.3, -0.25) is 4.79 Å². The summed E-state index contributed by atoms with van der Waals surface area (Å²) in [5.41, 5.74) is -0.0959. The molecule has 0 fully saturated rings. The minimum atomic E-state index is -0.915. The summed E-state index contributed by atoms with van der Waals surface area (Å²) < 4.78 is 16.9. The summed E-state index contributed by atoms with van der Waals surface area (Å²) in [6.45, 7) is 13.1. The summed E-state index contributed by atoms with van der Waals surface area (Å²) in [6, 6.07) is 5.05. The molecular formula is C24H39NO5. The minimum Gasteiger partial charge on any atom is -0.492 e. The van der Waals surface area contributed by atoms with E-state index in [9.17, 15) is 9.59 Å². The van der Waals surface area contributed by atoms with Crippen LogP contribution in [0, 0.1) is 5.92 Å². The lowest BCUT2D eigenvalue weighted by atomic mass is 9.96. The van der Waals surface area contributed by atoms with Crippen LogP contribution in [0.15, 0.2) is 18.2 Å². The van der Waals surface area contributed by atoms with E-state index in [-0.39, 0.29) is 12.5 Å². The van der Waals surface area contributed by atoms with E-state index < -0.39 is 11.6 Å². The van der Waals surface area contributed by atoms with Gasteiger partial charge in [-0.05, 0) is 50.8 Å². The summed E-state index contributed by atoms with van der Waals surface area (Å²) in [4.78, 5) is 25.5. The number of nitrogens with one attached hydrogen (secondary N) is 1. The van der Waals surface area contributed by atoms with Crippen molar-refractivity contribution in [2.75, 3.05) is 25.1 Å². The molecular weight excluding hydrogens is 382 g/mol. The fourth-order valence-corrected chi connectivity index (χ4v) is 2.91. The number of unbranched alkanes of at least 4 members (excludes halogenated alkanes) is 2. The largest absolute Gasteiger partial charge is 0.492 e. The normalized spacial score (nSPS) is 13.0. The van der Waals surface area contributed by atoms with Gasteiger partial charge in [0.15, 0.2) is 0 Å². The van der Waals surface area contributed by atoms with Gasteiger partial charge in [0, 0.05) is 12.3 Å². The van der Waals surface area contributed by atoms with Crippen molar-refractivity contribution in [2.45, 2.75) is 79.2 Å². The van der Waals surface area contributed by atoms with Crippen LogP contribution in [-0.2, 0) is 14.3 Å². The molecule has 1 amide bonds. The van der Waals surface area contributed by atoms with E-state index in [1.54, 1.807) is 25.1 Å². The third kappa shape index (κ3) is 8.34. The van der Waals surface area contributed by atoms with E-state index in [4.69, 9.17) is 14.2 Å². The molecule has 0 aliphatic carbocycles. The van der Waals surface area contributed by atoms with Gasteiger partial charge in [0.2, 0.25) is 0 Å². The maximum absolute atomic E-state index is 13.1. The molecule has 0 saturated heterocycles. The third-order valence-corrected chi connectivity index (χ3v) is 4.67. The van der Waals surface area contributed by atoms with E-state index in [0.717, 1.165) is 25.7 Å². The minimum absolute atomic E-state index is 0.210. The highest BCUT2D eigenvalue weighted by Crippen LogP contribution is 2.27. The summed E-state index contributed by atoms with van der Waals surface area (Å²) in [7, 11) is 0. The monoisotopic (exact) mass is 421 g/mol. The number of anilines is 1. The van der Waals surface area contributed by atoms with Gasteiger partial charge < -0.3 is 19.5 Å². The quantitative estimate of drug-likeness (QED) is 0.312. The van der Waals surface area contributed by atoms with Gasteiger partial charge >= 0.3 is 5.97 Å². The first-order valence-corrected chi connectivity index (χ1v) is 11.2.